The average molecular weight is 363 g/mol. The molecule has 1 aromatic heterocycles. The molecule has 1 amide bonds. The number of aryl methyl sites for hydroxylation is 1. The summed E-state index contributed by atoms with van der Waals surface area (Å²) < 4.78 is 19.2. The van der Waals surface area contributed by atoms with E-state index >= 15 is 0 Å². The lowest BCUT2D eigenvalue weighted by Crippen LogP contribution is -2.41. The second kappa shape index (κ2) is 8.40. The molecule has 5 nitrogen and oxygen atoms in total. The van der Waals surface area contributed by atoms with E-state index in [-0.39, 0.29) is 18.6 Å². The number of carbonyl (C=O) groups excluding carboxylic acids is 1. The van der Waals surface area contributed by atoms with Gasteiger partial charge in [0, 0.05) is 31.1 Å². The van der Waals surface area contributed by atoms with Gasteiger partial charge >= 0.3 is 0 Å². The van der Waals surface area contributed by atoms with E-state index in [2.05, 4.69) is 15.2 Å². The van der Waals surface area contributed by atoms with Crippen LogP contribution in [0.2, 0.25) is 0 Å². The molecule has 1 N–H and O–H groups in total. The number of hydrogen-bond donors (Lipinski definition) is 1. The minimum absolute atomic E-state index is 0.0160. The number of halogens is 1. The number of carbonyl (C=O) groups is 1. The SMILES string of the molecule is Cc1nc(CN2C[C@@H](F)C[C@H]2CNC(=O)COc2ccccc2)cs1. The number of benzene rings is 1. The monoisotopic (exact) mass is 363 g/mol. The van der Waals surface area contributed by atoms with Gasteiger partial charge in [0.15, 0.2) is 6.61 Å². The summed E-state index contributed by atoms with van der Waals surface area (Å²) >= 11 is 1.59. The molecule has 3 rings (SSSR count). The van der Waals surface area contributed by atoms with Crippen LogP contribution in [0, 0.1) is 6.92 Å². The van der Waals surface area contributed by atoms with Gasteiger partial charge in [0.25, 0.3) is 5.91 Å². The van der Waals surface area contributed by atoms with Crippen LogP contribution in [-0.2, 0) is 11.3 Å². The van der Waals surface area contributed by atoms with E-state index in [1.54, 1.807) is 23.5 Å². The molecule has 1 fully saturated rings. The Kier molecular flexibility index (Phi) is 5.99. The molecule has 1 aliphatic rings. The number of rotatable bonds is 7. The molecule has 0 saturated carbocycles. The van der Waals surface area contributed by atoms with Crippen molar-refractivity contribution in [2.24, 2.45) is 0 Å². The minimum atomic E-state index is -0.859. The van der Waals surface area contributed by atoms with E-state index in [0.717, 1.165) is 10.7 Å². The fourth-order valence-corrected chi connectivity index (χ4v) is 3.57. The smallest absolute Gasteiger partial charge is 0.257 e. The molecule has 0 aliphatic carbocycles. The summed E-state index contributed by atoms with van der Waals surface area (Å²) in [5.74, 6) is 0.457. The van der Waals surface area contributed by atoms with Crippen molar-refractivity contribution >= 4 is 17.2 Å². The Morgan fingerprint density at radius 2 is 2.24 bits per heavy atom. The summed E-state index contributed by atoms with van der Waals surface area (Å²) in [5, 5.41) is 5.86. The van der Waals surface area contributed by atoms with E-state index in [9.17, 15) is 9.18 Å². The van der Waals surface area contributed by atoms with Gasteiger partial charge in [0.1, 0.15) is 11.9 Å². The Morgan fingerprint density at radius 1 is 1.44 bits per heavy atom. The molecular formula is C18H22FN3O2S. The molecule has 7 heteroatoms. The molecule has 134 valence electrons. The molecule has 1 saturated heterocycles. The molecule has 2 atom stereocenters. The summed E-state index contributed by atoms with van der Waals surface area (Å²) in [5.41, 5.74) is 0.959. The number of amides is 1. The number of hydrogen-bond acceptors (Lipinski definition) is 5. The van der Waals surface area contributed by atoms with E-state index < -0.39 is 6.17 Å². The molecule has 0 spiro atoms. The van der Waals surface area contributed by atoms with Crippen LogP contribution >= 0.6 is 11.3 Å². The Hall–Kier alpha value is -1.99. The number of thiazole rings is 1. The highest BCUT2D eigenvalue weighted by Crippen LogP contribution is 2.23. The Balaban J connectivity index is 1.46. The second-order valence-corrected chi connectivity index (χ2v) is 7.24. The first-order chi connectivity index (χ1) is 12.1. The van der Waals surface area contributed by atoms with Gasteiger partial charge in [0.05, 0.1) is 10.7 Å². The lowest BCUT2D eigenvalue weighted by Gasteiger charge is -2.23. The van der Waals surface area contributed by atoms with Crippen molar-refractivity contribution in [1.29, 1.82) is 0 Å². The third-order valence-corrected chi connectivity index (χ3v) is 4.98. The van der Waals surface area contributed by atoms with Gasteiger partial charge in [-0.1, -0.05) is 18.2 Å². The maximum absolute atomic E-state index is 13.8. The highest BCUT2D eigenvalue weighted by Gasteiger charge is 2.32. The number of likely N-dealkylation sites (tertiary alicyclic amines) is 1. The second-order valence-electron chi connectivity index (χ2n) is 6.18. The Bertz CT molecular complexity index is 695. The third-order valence-electron chi connectivity index (χ3n) is 4.16. The first-order valence-electron chi connectivity index (χ1n) is 8.34. The van der Waals surface area contributed by atoms with Crippen LogP contribution in [0.15, 0.2) is 35.7 Å². The Morgan fingerprint density at radius 3 is 2.96 bits per heavy atom. The number of nitrogens with one attached hydrogen (secondary N) is 1. The van der Waals surface area contributed by atoms with Gasteiger partial charge in [-0.2, -0.15) is 0 Å². The average Bonchev–Trinajstić information content (AvgIpc) is 3.17. The van der Waals surface area contributed by atoms with Crippen molar-refractivity contribution in [2.45, 2.75) is 32.1 Å². The number of aromatic nitrogens is 1. The number of para-hydroxylation sites is 1. The normalized spacial score (nSPS) is 20.6. The zero-order chi connectivity index (χ0) is 17.6. The molecule has 0 bridgehead atoms. The molecule has 0 unspecified atom stereocenters. The molecule has 1 aliphatic heterocycles. The van der Waals surface area contributed by atoms with E-state index in [1.807, 2.05) is 30.5 Å². The van der Waals surface area contributed by atoms with Gasteiger partial charge in [0.2, 0.25) is 0 Å². The summed E-state index contributed by atoms with van der Waals surface area (Å²) in [6.07, 6.45) is -0.426. The molecule has 2 heterocycles. The molecular weight excluding hydrogens is 341 g/mol. The lowest BCUT2D eigenvalue weighted by atomic mass is 10.2. The van der Waals surface area contributed by atoms with Crippen molar-refractivity contribution in [2.75, 3.05) is 19.7 Å². The number of nitrogens with zero attached hydrogens (tertiary/aromatic N) is 2. The fraction of sp³-hybridized carbons (Fsp3) is 0.444. The zero-order valence-corrected chi connectivity index (χ0v) is 15.0. The van der Waals surface area contributed by atoms with Crippen molar-refractivity contribution in [3.63, 3.8) is 0 Å². The highest BCUT2D eigenvalue weighted by molar-refractivity contribution is 7.09. The molecule has 2 aromatic rings. The summed E-state index contributed by atoms with van der Waals surface area (Å²) in [6, 6.07) is 9.18. The van der Waals surface area contributed by atoms with Gasteiger partial charge in [-0.15, -0.1) is 11.3 Å². The fourth-order valence-electron chi connectivity index (χ4n) is 2.97. The minimum Gasteiger partial charge on any atom is -0.484 e. The summed E-state index contributed by atoms with van der Waals surface area (Å²) in [6.45, 7) is 3.34. The van der Waals surface area contributed by atoms with Gasteiger partial charge < -0.3 is 10.1 Å². The van der Waals surface area contributed by atoms with Crippen molar-refractivity contribution in [3.05, 3.63) is 46.4 Å². The Labute approximate surface area is 150 Å². The summed E-state index contributed by atoms with van der Waals surface area (Å²) in [7, 11) is 0. The van der Waals surface area contributed by atoms with E-state index in [1.165, 1.54) is 0 Å². The molecule has 0 radical (unpaired) electrons. The van der Waals surface area contributed by atoms with Crippen LogP contribution in [0.4, 0.5) is 4.39 Å². The maximum Gasteiger partial charge on any atom is 0.257 e. The largest absolute Gasteiger partial charge is 0.484 e. The maximum atomic E-state index is 13.8. The number of alkyl halides is 1. The standard InChI is InChI=1S/C18H22FN3O2S/c1-13-21-15(12-25-13)10-22-9-14(19)7-16(22)8-20-18(23)11-24-17-5-3-2-4-6-17/h2-6,12,14,16H,7-11H2,1H3,(H,20,23)/t14-,16-/m0/s1. The van der Waals surface area contributed by atoms with Crippen molar-refractivity contribution in [1.82, 2.24) is 15.2 Å². The van der Waals surface area contributed by atoms with Gasteiger partial charge in [-0.05, 0) is 25.5 Å². The van der Waals surface area contributed by atoms with Gasteiger partial charge in [-0.3, -0.25) is 9.69 Å². The van der Waals surface area contributed by atoms with Crippen LogP contribution in [0.5, 0.6) is 5.75 Å². The highest BCUT2D eigenvalue weighted by atomic mass is 32.1. The van der Waals surface area contributed by atoms with Crippen LogP contribution in [0.3, 0.4) is 0 Å². The summed E-state index contributed by atoms with van der Waals surface area (Å²) in [4.78, 5) is 18.5. The predicted octanol–water partition coefficient (Wildman–Crippen LogP) is 2.56. The van der Waals surface area contributed by atoms with Crippen molar-refractivity contribution < 1.29 is 13.9 Å². The predicted molar refractivity (Wildman–Crippen MR) is 95.5 cm³/mol. The topological polar surface area (TPSA) is 54.5 Å². The van der Waals surface area contributed by atoms with Gasteiger partial charge in [-0.25, -0.2) is 9.37 Å². The first kappa shape index (κ1) is 17.8. The van der Waals surface area contributed by atoms with Crippen LogP contribution in [-0.4, -0.2) is 47.7 Å². The van der Waals surface area contributed by atoms with Crippen LogP contribution in [0.25, 0.3) is 0 Å². The van der Waals surface area contributed by atoms with Crippen LogP contribution in [0.1, 0.15) is 17.1 Å². The zero-order valence-electron chi connectivity index (χ0n) is 14.2. The number of ether oxygens (including phenoxy) is 1. The van der Waals surface area contributed by atoms with Crippen LogP contribution < -0.4 is 10.1 Å². The third kappa shape index (κ3) is 5.24. The molecule has 1 aromatic carbocycles. The molecule has 25 heavy (non-hydrogen) atoms. The quantitative estimate of drug-likeness (QED) is 0.821. The van der Waals surface area contributed by atoms with Crippen molar-refractivity contribution in [3.8, 4) is 5.75 Å². The van der Waals surface area contributed by atoms with E-state index in [4.69, 9.17) is 4.74 Å². The first-order valence-corrected chi connectivity index (χ1v) is 9.22. The lowest BCUT2D eigenvalue weighted by molar-refractivity contribution is -0.123. The van der Waals surface area contributed by atoms with E-state index in [0.29, 0.717) is 31.8 Å².